The average molecular weight is 326 g/mol. The van der Waals surface area contributed by atoms with Crippen LogP contribution in [0.1, 0.15) is 10.4 Å². The summed E-state index contributed by atoms with van der Waals surface area (Å²) in [5.74, 6) is 1.68. The molecule has 3 rings (SSSR count). The Morgan fingerprint density at radius 2 is 2.10 bits per heavy atom. The molecule has 1 aliphatic heterocycles. The van der Waals surface area contributed by atoms with Crippen LogP contribution in [-0.4, -0.2) is 34.8 Å². The number of ether oxygens (including phenoxy) is 2. The summed E-state index contributed by atoms with van der Waals surface area (Å²) in [7, 11) is 0. The van der Waals surface area contributed by atoms with Gasteiger partial charge in [-0.2, -0.15) is 0 Å². The molecule has 0 unspecified atom stereocenters. The first-order valence-corrected chi connectivity index (χ1v) is 8.72. The summed E-state index contributed by atoms with van der Waals surface area (Å²) in [6, 6.07) is 5.24. The molecule has 20 heavy (non-hydrogen) atoms. The number of benzene rings is 1. The molecule has 0 radical (unpaired) electrons. The zero-order valence-corrected chi connectivity index (χ0v) is 12.9. The maximum Gasteiger partial charge on any atom is 0.231 e. The van der Waals surface area contributed by atoms with Gasteiger partial charge in [0.2, 0.25) is 6.79 Å². The van der Waals surface area contributed by atoms with Gasteiger partial charge in [-0.15, -0.1) is 10.2 Å². The number of Topliss-reactive ketones (excluding diaryl/α,β-unsaturated/α-hetero) is 1. The van der Waals surface area contributed by atoms with E-state index in [9.17, 15) is 4.79 Å². The number of ketones is 1. The summed E-state index contributed by atoms with van der Waals surface area (Å²) in [5, 5.41) is 8.02. The van der Waals surface area contributed by atoms with Crippen molar-refractivity contribution in [2.45, 2.75) is 8.68 Å². The van der Waals surface area contributed by atoms with Gasteiger partial charge >= 0.3 is 0 Å². The number of hydrogen-bond donors (Lipinski definition) is 0. The number of aromatic nitrogens is 2. The quantitative estimate of drug-likeness (QED) is 0.618. The molecule has 5 nitrogen and oxygen atoms in total. The monoisotopic (exact) mass is 326 g/mol. The summed E-state index contributed by atoms with van der Waals surface area (Å²) < 4.78 is 12.2. The minimum atomic E-state index is 0.0363. The van der Waals surface area contributed by atoms with Crippen LogP contribution in [0.2, 0.25) is 0 Å². The van der Waals surface area contributed by atoms with Crippen LogP contribution in [0, 0.1) is 0 Å². The largest absolute Gasteiger partial charge is 0.454 e. The predicted octanol–water partition coefficient (Wildman–Crippen LogP) is 2.96. The van der Waals surface area contributed by atoms with Crippen LogP contribution in [0.4, 0.5) is 0 Å². The highest BCUT2D eigenvalue weighted by Gasteiger charge is 2.16. The van der Waals surface area contributed by atoms with E-state index in [4.69, 9.17) is 9.47 Å². The third kappa shape index (κ3) is 2.92. The third-order valence-electron chi connectivity index (χ3n) is 2.58. The second-order valence-electron chi connectivity index (χ2n) is 3.82. The highest BCUT2D eigenvalue weighted by atomic mass is 32.2. The van der Waals surface area contributed by atoms with E-state index in [1.165, 1.54) is 23.1 Å². The summed E-state index contributed by atoms with van der Waals surface area (Å²) in [4.78, 5) is 12.1. The van der Waals surface area contributed by atoms with Gasteiger partial charge in [-0.05, 0) is 24.5 Å². The van der Waals surface area contributed by atoms with Crippen molar-refractivity contribution in [3.63, 3.8) is 0 Å². The van der Waals surface area contributed by atoms with Gasteiger partial charge in [-0.1, -0.05) is 34.9 Å². The zero-order valence-electron chi connectivity index (χ0n) is 10.5. The van der Waals surface area contributed by atoms with E-state index in [0.717, 1.165) is 8.68 Å². The van der Waals surface area contributed by atoms with Crippen molar-refractivity contribution in [2.24, 2.45) is 0 Å². The van der Waals surface area contributed by atoms with Gasteiger partial charge in [0.25, 0.3) is 0 Å². The van der Waals surface area contributed by atoms with E-state index in [1.807, 2.05) is 6.26 Å². The van der Waals surface area contributed by atoms with Crippen LogP contribution < -0.4 is 9.47 Å². The maximum atomic E-state index is 12.1. The van der Waals surface area contributed by atoms with Gasteiger partial charge in [0, 0.05) is 5.56 Å². The fourth-order valence-corrected chi connectivity index (χ4v) is 3.95. The van der Waals surface area contributed by atoms with Crippen molar-refractivity contribution >= 4 is 40.6 Å². The molecule has 1 aromatic heterocycles. The first-order chi connectivity index (χ1) is 9.76. The lowest BCUT2D eigenvalue weighted by Gasteiger charge is -2.01. The van der Waals surface area contributed by atoms with Crippen molar-refractivity contribution < 1.29 is 14.3 Å². The summed E-state index contributed by atoms with van der Waals surface area (Å²) in [5.41, 5.74) is 0.622. The molecule has 2 heterocycles. The minimum Gasteiger partial charge on any atom is -0.454 e. The fraction of sp³-hybridized carbons (Fsp3) is 0.250. The molecule has 0 spiro atoms. The molecule has 1 aromatic carbocycles. The van der Waals surface area contributed by atoms with E-state index in [-0.39, 0.29) is 12.6 Å². The molecule has 0 amide bonds. The molecular formula is C12H10N2O3S3. The highest BCUT2D eigenvalue weighted by molar-refractivity contribution is 8.03. The van der Waals surface area contributed by atoms with E-state index in [2.05, 4.69) is 10.2 Å². The van der Waals surface area contributed by atoms with Crippen molar-refractivity contribution in [3.8, 4) is 11.5 Å². The van der Waals surface area contributed by atoms with E-state index < -0.39 is 0 Å². The van der Waals surface area contributed by atoms with Crippen molar-refractivity contribution in [3.05, 3.63) is 23.8 Å². The van der Waals surface area contributed by atoms with Crippen LogP contribution in [0.15, 0.2) is 26.9 Å². The standard InChI is InChI=1S/C12H10N2O3S3/c1-18-11-13-14-12(20-11)19-5-8(15)7-2-3-9-10(4-7)17-6-16-9/h2-4H,5-6H2,1H3. The van der Waals surface area contributed by atoms with Gasteiger partial charge in [0.05, 0.1) is 5.75 Å². The first-order valence-electron chi connectivity index (χ1n) is 5.69. The molecule has 0 saturated heterocycles. The SMILES string of the molecule is CSc1nnc(SCC(=O)c2ccc3c(c2)OCO3)s1. The Kier molecular flexibility index (Phi) is 4.13. The lowest BCUT2D eigenvalue weighted by molar-refractivity contribution is 0.102. The fourth-order valence-electron chi connectivity index (χ4n) is 1.62. The predicted molar refractivity (Wildman–Crippen MR) is 79.3 cm³/mol. The molecule has 0 aliphatic carbocycles. The molecular weight excluding hydrogens is 316 g/mol. The van der Waals surface area contributed by atoms with E-state index in [1.54, 1.807) is 30.0 Å². The molecule has 0 N–H and O–H groups in total. The van der Waals surface area contributed by atoms with Gasteiger partial charge in [0.15, 0.2) is 26.0 Å². The van der Waals surface area contributed by atoms with Gasteiger partial charge in [-0.25, -0.2) is 0 Å². The Morgan fingerprint density at radius 3 is 2.90 bits per heavy atom. The molecule has 104 valence electrons. The van der Waals surface area contributed by atoms with Crippen molar-refractivity contribution in [1.82, 2.24) is 10.2 Å². The average Bonchev–Trinajstić information content (AvgIpc) is 3.12. The lowest BCUT2D eigenvalue weighted by atomic mass is 10.1. The Morgan fingerprint density at radius 1 is 1.30 bits per heavy atom. The van der Waals surface area contributed by atoms with Crippen LogP contribution in [0.25, 0.3) is 0 Å². The van der Waals surface area contributed by atoms with Crippen molar-refractivity contribution in [2.75, 3.05) is 18.8 Å². The topological polar surface area (TPSA) is 61.3 Å². The number of nitrogens with zero attached hydrogens (tertiary/aromatic N) is 2. The lowest BCUT2D eigenvalue weighted by Crippen LogP contribution is -2.02. The van der Waals surface area contributed by atoms with E-state index >= 15 is 0 Å². The molecule has 0 atom stereocenters. The molecule has 8 heteroatoms. The van der Waals surface area contributed by atoms with Crippen LogP contribution in [-0.2, 0) is 0 Å². The smallest absolute Gasteiger partial charge is 0.231 e. The molecule has 0 bridgehead atoms. The van der Waals surface area contributed by atoms with Crippen LogP contribution >= 0.6 is 34.9 Å². The Balaban J connectivity index is 1.64. The highest BCUT2D eigenvalue weighted by Crippen LogP contribution is 2.33. The summed E-state index contributed by atoms with van der Waals surface area (Å²) in [6.07, 6.45) is 1.95. The Labute approximate surface area is 128 Å². The maximum absolute atomic E-state index is 12.1. The number of thioether (sulfide) groups is 2. The number of fused-ring (bicyclic) bond motifs is 1. The van der Waals surface area contributed by atoms with Crippen molar-refractivity contribution in [1.29, 1.82) is 0 Å². The van der Waals surface area contributed by atoms with Crippen LogP contribution in [0.3, 0.4) is 0 Å². The molecule has 2 aromatic rings. The van der Waals surface area contributed by atoms with E-state index in [0.29, 0.717) is 22.8 Å². The number of hydrogen-bond acceptors (Lipinski definition) is 8. The first kappa shape index (κ1) is 13.7. The Bertz CT molecular complexity index is 645. The number of carbonyl (C=O) groups excluding carboxylic acids is 1. The Hall–Kier alpha value is -1.25. The van der Waals surface area contributed by atoms with Gasteiger partial charge < -0.3 is 9.47 Å². The second kappa shape index (κ2) is 6.02. The molecule has 0 fully saturated rings. The van der Waals surface area contributed by atoms with Gasteiger partial charge in [0.1, 0.15) is 0 Å². The normalized spacial score (nSPS) is 12.7. The van der Waals surface area contributed by atoms with Crippen LogP contribution in [0.5, 0.6) is 11.5 Å². The zero-order chi connectivity index (χ0) is 13.9. The third-order valence-corrected chi connectivity index (χ3v) is 5.62. The second-order valence-corrected chi connectivity index (χ2v) is 7.07. The molecule has 0 saturated carbocycles. The molecule has 1 aliphatic rings. The summed E-state index contributed by atoms with van der Waals surface area (Å²) >= 11 is 4.45. The summed E-state index contributed by atoms with van der Waals surface area (Å²) in [6.45, 7) is 0.212. The minimum absolute atomic E-state index is 0.0363. The van der Waals surface area contributed by atoms with Gasteiger partial charge in [-0.3, -0.25) is 4.79 Å². The number of rotatable bonds is 5. The number of carbonyl (C=O) groups is 1.